The van der Waals surface area contributed by atoms with E-state index in [1.807, 2.05) is 6.92 Å². The Morgan fingerprint density at radius 1 is 1.25 bits per heavy atom. The van der Waals surface area contributed by atoms with Gasteiger partial charge >= 0.3 is 0 Å². The molecule has 0 spiro atoms. The summed E-state index contributed by atoms with van der Waals surface area (Å²) in [5.74, 6) is 0. The summed E-state index contributed by atoms with van der Waals surface area (Å²) in [6.07, 6.45) is 3.78. The van der Waals surface area contributed by atoms with Crippen LogP contribution in [-0.2, 0) is 0 Å². The molecule has 0 amide bonds. The molecule has 0 aromatic rings. The highest BCUT2D eigenvalue weighted by Gasteiger charge is 2.38. The average Bonchev–Trinajstić information content (AvgIpc) is 2.21. The molecule has 16 heavy (non-hydrogen) atoms. The van der Waals surface area contributed by atoms with Gasteiger partial charge in [-0.15, -0.1) is 0 Å². The van der Waals surface area contributed by atoms with Crippen molar-refractivity contribution in [3.05, 3.63) is 0 Å². The highest BCUT2D eigenvalue weighted by Crippen LogP contribution is 2.35. The van der Waals surface area contributed by atoms with Gasteiger partial charge in [-0.05, 0) is 33.4 Å². The molecule has 0 aromatic heterocycles. The third-order valence-electron chi connectivity index (χ3n) is 4.00. The highest BCUT2D eigenvalue weighted by atomic mass is 16.3. The van der Waals surface area contributed by atoms with Gasteiger partial charge in [0.05, 0.1) is 13.2 Å². The quantitative estimate of drug-likeness (QED) is 0.578. The van der Waals surface area contributed by atoms with Crippen LogP contribution in [0.3, 0.4) is 0 Å². The number of likely N-dealkylation sites (N-methyl/N-ethyl adjacent to an activating group) is 1. The van der Waals surface area contributed by atoms with Crippen LogP contribution in [0.2, 0.25) is 0 Å². The first-order valence-electron chi connectivity index (χ1n) is 6.08. The Balaban J connectivity index is 2.34. The molecule has 1 rings (SSSR count). The normalized spacial score (nSPS) is 19.9. The highest BCUT2D eigenvalue weighted by molar-refractivity contribution is 4.97. The topological polar surface area (TPSA) is 55.7 Å². The molecule has 1 aliphatic carbocycles. The number of nitrogens with one attached hydrogen (secondary N) is 1. The van der Waals surface area contributed by atoms with Gasteiger partial charge in [0.2, 0.25) is 0 Å². The standard InChI is InChI=1S/C12H26N2O2/c1-11(9-15,10-16)7-13-8-12(14(2)3)5-4-6-12/h13,15-16H,4-10H2,1-3H3. The number of aliphatic hydroxyl groups excluding tert-OH is 2. The van der Waals surface area contributed by atoms with Crippen molar-refractivity contribution in [2.24, 2.45) is 5.41 Å². The van der Waals surface area contributed by atoms with Gasteiger partial charge in [0.1, 0.15) is 0 Å². The van der Waals surface area contributed by atoms with Crippen molar-refractivity contribution in [1.82, 2.24) is 10.2 Å². The molecular formula is C12H26N2O2. The summed E-state index contributed by atoms with van der Waals surface area (Å²) in [7, 11) is 4.25. The van der Waals surface area contributed by atoms with E-state index in [0.29, 0.717) is 12.1 Å². The zero-order valence-corrected chi connectivity index (χ0v) is 10.8. The molecule has 96 valence electrons. The molecule has 4 nitrogen and oxygen atoms in total. The molecule has 0 unspecified atom stereocenters. The van der Waals surface area contributed by atoms with Crippen LogP contribution in [0.15, 0.2) is 0 Å². The molecule has 0 aliphatic heterocycles. The minimum atomic E-state index is -0.406. The summed E-state index contributed by atoms with van der Waals surface area (Å²) in [6.45, 7) is 3.53. The maximum atomic E-state index is 9.18. The summed E-state index contributed by atoms with van der Waals surface area (Å²) in [6, 6.07) is 0. The van der Waals surface area contributed by atoms with Gasteiger partial charge in [-0.3, -0.25) is 0 Å². The summed E-state index contributed by atoms with van der Waals surface area (Å²) in [4.78, 5) is 2.29. The average molecular weight is 230 g/mol. The first-order valence-corrected chi connectivity index (χ1v) is 6.08. The Bertz CT molecular complexity index is 211. The van der Waals surface area contributed by atoms with Crippen molar-refractivity contribution in [3.63, 3.8) is 0 Å². The van der Waals surface area contributed by atoms with Crippen molar-refractivity contribution in [3.8, 4) is 0 Å². The van der Waals surface area contributed by atoms with Crippen molar-refractivity contribution < 1.29 is 10.2 Å². The van der Waals surface area contributed by atoms with Crippen LogP contribution in [-0.4, -0.2) is 61.1 Å². The predicted octanol–water partition coefficient (Wildman–Crippen LogP) is 0.0512. The van der Waals surface area contributed by atoms with E-state index in [2.05, 4.69) is 24.3 Å². The van der Waals surface area contributed by atoms with Crippen LogP contribution in [0.5, 0.6) is 0 Å². The van der Waals surface area contributed by atoms with Gasteiger partial charge in [0, 0.05) is 24.0 Å². The van der Waals surface area contributed by atoms with Crippen LogP contribution < -0.4 is 5.32 Å². The van der Waals surface area contributed by atoms with Gasteiger partial charge in [0.25, 0.3) is 0 Å². The van der Waals surface area contributed by atoms with Crippen molar-refractivity contribution in [2.45, 2.75) is 31.7 Å². The molecule has 4 heteroatoms. The molecule has 1 saturated carbocycles. The molecular weight excluding hydrogens is 204 g/mol. The van der Waals surface area contributed by atoms with Crippen LogP contribution in [0.25, 0.3) is 0 Å². The van der Waals surface area contributed by atoms with Gasteiger partial charge in [-0.1, -0.05) is 6.92 Å². The van der Waals surface area contributed by atoms with Crippen molar-refractivity contribution >= 4 is 0 Å². The Labute approximate surface area is 98.6 Å². The Kier molecular flexibility index (Phi) is 4.73. The van der Waals surface area contributed by atoms with Crippen molar-refractivity contribution in [2.75, 3.05) is 40.4 Å². The monoisotopic (exact) mass is 230 g/mol. The van der Waals surface area contributed by atoms with Gasteiger partial charge < -0.3 is 20.4 Å². The lowest BCUT2D eigenvalue weighted by molar-refractivity contribution is 0.0410. The SMILES string of the molecule is CN(C)C1(CNCC(C)(CO)CO)CCC1. The lowest BCUT2D eigenvalue weighted by Crippen LogP contribution is -2.57. The molecule has 0 heterocycles. The minimum absolute atomic E-state index is 0.0193. The maximum absolute atomic E-state index is 9.18. The van der Waals surface area contributed by atoms with E-state index in [9.17, 15) is 10.2 Å². The zero-order valence-electron chi connectivity index (χ0n) is 10.8. The van der Waals surface area contributed by atoms with Gasteiger partial charge in [0.15, 0.2) is 0 Å². The Morgan fingerprint density at radius 3 is 2.12 bits per heavy atom. The third kappa shape index (κ3) is 2.94. The molecule has 0 radical (unpaired) electrons. The fourth-order valence-corrected chi connectivity index (χ4v) is 2.13. The maximum Gasteiger partial charge on any atom is 0.0518 e. The zero-order chi connectivity index (χ0) is 12.2. The second-order valence-electron chi connectivity index (χ2n) is 5.70. The summed E-state index contributed by atoms with van der Waals surface area (Å²) >= 11 is 0. The van der Waals surface area contributed by atoms with E-state index in [-0.39, 0.29) is 13.2 Å². The molecule has 0 atom stereocenters. The first kappa shape index (κ1) is 13.9. The number of nitrogens with zero attached hydrogens (tertiary/aromatic N) is 1. The van der Waals surface area contributed by atoms with Gasteiger partial charge in [-0.2, -0.15) is 0 Å². The van der Waals surface area contributed by atoms with Crippen LogP contribution in [0.4, 0.5) is 0 Å². The molecule has 0 aromatic carbocycles. The molecule has 0 saturated heterocycles. The molecule has 3 N–H and O–H groups in total. The van der Waals surface area contributed by atoms with E-state index >= 15 is 0 Å². The lowest BCUT2D eigenvalue weighted by atomic mass is 9.75. The first-order chi connectivity index (χ1) is 7.48. The van der Waals surface area contributed by atoms with E-state index in [0.717, 1.165) is 6.54 Å². The van der Waals surface area contributed by atoms with E-state index in [4.69, 9.17) is 0 Å². The lowest BCUT2D eigenvalue weighted by Gasteiger charge is -2.48. The minimum Gasteiger partial charge on any atom is -0.396 e. The third-order valence-corrected chi connectivity index (χ3v) is 4.00. The summed E-state index contributed by atoms with van der Waals surface area (Å²) < 4.78 is 0. The summed E-state index contributed by atoms with van der Waals surface area (Å²) in [5.41, 5.74) is -0.108. The fourth-order valence-electron chi connectivity index (χ4n) is 2.13. The van der Waals surface area contributed by atoms with Gasteiger partial charge in [-0.25, -0.2) is 0 Å². The van der Waals surface area contributed by atoms with Crippen LogP contribution in [0.1, 0.15) is 26.2 Å². The second kappa shape index (κ2) is 5.45. The Morgan fingerprint density at radius 2 is 1.81 bits per heavy atom. The van der Waals surface area contributed by atoms with Crippen LogP contribution >= 0.6 is 0 Å². The summed E-state index contributed by atoms with van der Waals surface area (Å²) in [5, 5.41) is 21.8. The largest absolute Gasteiger partial charge is 0.396 e. The van der Waals surface area contributed by atoms with E-state index in [1.54, 1.807) is 0 Å². The molecule has 1 fully saturated rings. The van der Waals surface area contributed by atoms with Crippen LogP contribution in [0, 0.1) is 5.41 Å². The smallest absolute Gasteiger partial charge is 0.0518 e. The number of hydrogen-bond donors (Lipinski definition) is 3. The molecule has 1 aliphatic rings. The number of rotatable bonds is 7. The number of hydrogen-bond acceptors (Lipinski definition) is 4. The fraction of sp³-hybridized carbons (Fsp3) is 1.00. The second-order valence-corrected chi connectivity index (χ2v) is 5.70. The number of aliphatic hydroxyl groups is 2. The van der Waals surface area contributed by atoms with Crippen molar-refractivity contribution in [1.29, 1.82) is 0 Å². The van der Waals surface area contributed by atoms with E-state index in [1.165, 1.54) is 19.3 Å². The molecule has 0 bridgehead atoms. The predicted molar refractivity (Wildman–Crippen MR) is 65.4 cm³/mol. The van der Waals surface area contributed by atoms with E-state index < -0.39 is 5.41 Å². The Hall–Kier alpha value is -0.160.